The third-order valence-corrected chi connectivity index (χ3v) is 7.00. The molecule has 0 saturated heterocycles. The average Bonchev–Trinajstić information content (AvgIpc) is 2.90. The second-order valence-electron chi connectivity index (χ2n) is 10.8. The second-order valence-corrected chi connectivity index (χ2v) is 10.8. The van der Waals surface area contributed by atoms with Gasteiger partial charge >= 0.3 is 0 Å². The predicted octanol–water partition coefficient (Wildman–Crippen LogP) is 3.90. The van der Waals surface area contributed by atoms with Crippen molar-refractivity contribution in [2.45, 2.75) is 64.8 Å². The van der Waals surface area contributed by atoms with Gasteiger partial charge in [0.15, 0.2) is 6.10 Å². The Bertz CT molecular complexity index is 1130. The molecule has 0 aromatic heterocycles. The topological polar surface area (TPSA) is 99.8 Å². The van der Waals surface area contributed by atoms with Crippen LogP contribution < -0.4 is 20.7 Å². The Kier molecular flexibility index (Phi) is 10.7. The summed E-state index contributed by atoms with van der Waals surface area (Å²) in [6, 6.07) is 14.4. The van der Waals surface area contributed by atoms with Gasteiger partial charge in [-0.3, -0.25) is 19.3 Å². The third kappa shape index (κ3) is 8.17. The minimum Gasteiger partial charge on any atom is -0.483 e. The van der Waals surface area contributed by atoms with Gasteiger partial charge in [0.25, 0.3) is 0 Å². The number of hydrogen-bond acceptors (Lipinski definition) is 5. The summed E-state index contributed by atoms with van der Waals surface area (Å²) in [6.07, 6.45) is 3.74. The first-order valence-corrected chi connectivity index (χ1v) is 13.7. The van der Waals surface area contributed by atoms with Gasteiger partial charge in [-0.15, -0.1) is 0 Å². The molecule has 5 unspecified atom stereocenters. The number of nitrogens with zero attached hydrogens (tertiary/aromatic N) is 1. The van der Waals surface area contributed by atoms with Crippen molar-refractivity contribution in [3.63, 3.8) is 0 Å². The molecule has 5 atom stereocenters. The summed E-state index contributed by atoms with van der Waals surface area (Å²) in [7, 11) is 3.71. The summed E-state index contributed by atoms with van der Waals surface area (Å²) in [4.78, 5) is 42.7. The normalized spacial score (nSPS) is 22.3. The van der Waals surface area contributed by atoms with Crippen molar-refractivity contribution in [3.05, 3.63) is 71.9 Å². The van der Waals surface area contributed by atoms with E-state index in [0.29, 0.717) is 12.2 Å². The lowest BCUT2D eigenvalue weighted by Gasteiger charge is -2.34. The highest BCUT2D eigenvalue weighted by molar-refractivity contribution is 5.94. The van der Waals surface area contributed by atoms with E-state index in [0.717, 1.165) is 17.5 Å². The predicted molar refractivity (Wildman–Crippen MR) is 154 cm³/mol. The van der Waals surface area contributed by atoms with Gasteiger partial charge < -0.3 is 20.7 Å². The highest BCUT2D eigenvalue weighted by atomic mass is 16.5. The molecule has 2 aromatic carbocycles. The highest BCUT2D eigenvalue weighted by Gasteiger charge is 2.38. The van der Waals surface area contributed by atoms with Crippen LogP contribution in [-0.4, -0.2) is 54.8 Å². The fourth-order valence-electron chi connectivity index (χ4n) is 4.80. The van der Waals surface area contributed by atoms with Crippen LogP contribution in [0.3, 0.4) is 0 Å². The monoisotopic (exact) mass is 534 g/mol. The van der Waals surface area contributed by atoms with Gasteiger partial charge in [-0.1, -0.05) is 76.6 Å². The summed E-state index contributed by atoms with van der Waals surface area (Å²) >= 11 is 0. The zero-order chi connectivity index (χ0) is 28.5. The molecule has 0 fully saturated rings. The van der Waals surface area contributed by atoms with Gasteiger partial charge in [-0.25, -0.2) is 0 Å². The first-order chi connectivity index (χ1) is 18.6. The summed E-state index contributed by atoms with van der Waals surface area (Å²) in [5.41, 5.74) is 1.61. The minimum absolute atomic E-state index is 0.0523. The van der Waals surface area contributed by atoms with Crippen molar-refractivity contribution in [1.29, 1.82) is 0 Å². The Hall–Kier alpha value is -3.65. The van der Waals surface area contributed by atoms with Crippen LogP contribution in [0.1, 0.15) is 57.8 Å². The van der Waals surface area contributed by atoms with Crippen molar-refractivity contribution < 1.29 is 19.1 Å². The fourth-order valence-corrected chi connectivity index (χ4v) is 4.80. The fraction of sp³-hybridized carbons (Fsp3) is 0.452. The number of rotatable bonds is 8. The van der Waals surface area contributed by atoms with Crippen molar-refractivity contribution >= 4 is 23.8 Å². The number of ether oxygens (including phenoxy) is 1. The molecule has 0 radical (unpaired) electrons. The van der Waals surface area contributed by atoms with E-state index in [-0.39, 0.29) is 23.7 Å². The highest BCUT2D eigenvalue weighted by Crippen LogP contribution is 2.27. The smallest absolute Gasteiger partial charge is 0.247 e. The van der Waals surface area contributed by atoms with E-state index in [1.165, 1.54) is 0 Å². The van der Waals surface area contributed by atoms with Crippen LogP contribution in [0, 0.1) is 11.8 Å². The lowest BCUT2D eigenvalue weighted by molar-refractivity contribution is -0.136. The van der Waals surface area contributed by atoms with Crippen molar-refractivity contribution in [2.75, 3.05) is 14.1 Å². The van der Waals surface area contributed by atoms with Crippen molar-refractivity contribution in [3.8, 4) is 5.75 Å². The van der Waals surface area contributed by atoms with Gasteiger partial charge in [-0.2, -0.15) is 0 Å². The van der Waals surface area contributed by atoms with Gasteiger partial charge in [0.05, 0.1) is 6.04 Å². The Balaban J connectivity index is 2.11. The van der Waals surface area contributed by atoms with E-state index in [1.807, 2.05) is 101 Å². The van der Waals surface area contributed by atoms with E-state index in [2.05, 4.69) is 16.0 Å². The number of likely N-dealkylation sites (N-methyl/N-ethyl adjacent to an activating group) is 1. The van der Waals surface area contributed by atoms with Crippen LogP contribution in [0.15, 0.2) is 60.8 Å². The molecule has 0 aliphatic carbocycles. The number of fused-ring (bicyclic) bond motifs is 10. The maximum Gasteiger partial charge on any atom is 0.247 e. The van der Waals surface area contributed by atoms with Gasteiger partial charge in [0, 0.05) is 6.20 Å². The molecule has 8 nitrogen and oxygen atoms in total. The number of carbonyl (C=O) groups excluding carboxylic acids is 3. The summed E-state index contributed by atoms with van der Waals surface area (Å²) in [5, 5.41) is 8.72. The number of carbonyl (C=O) groups is 3. The summed E-state index contributed by atoms with van der Waals surface area (Å²) in [6.45, 7) is 8.03. The van der Waals surface area contributed by atoms with E-state index < -0.39 is 30.1 Å². The van der Waals surface area contributed by atoms with Crippen LogP contribution >= 0.6 is 0 Å². The molecule has 2 heterocycles. The molecular formula is C31H42N4O4. The Morgan fingerprint density at radius 2 is 1.67 bits per heavy atom. The first kappa shape index (κ1) is 29.9. The lowest BCUT2D eigenvalue weighted by Crippen LogP contribution is -2.59. The van der Waals surface area contributed by atoms with Gasteiger partial charge in [0.2, 0.25) is 17.7 Å². The van der Waals surface area contributed by atoms with Crippen molar-refractivity contribution in [2.24, 2.45) is 11.8 Å². The molecule has 2 aliphatic heterocycles. The molecule has 8 heteroatoms. The first-order valence-electron chi connectivity index (χ1n) is 13.7. The quantitative estimate of drug-likeness (QED) is 0.477. The number of hydrogen-bond donors (Lipinski definition) is 3. The molecule has 210 valence electrons. The largest absolute Gasteiger partial charge is 0.483 e. The second kappa shape index (κ2) is 13.9. The minimum atomic E-state index is -1.10. The lowest BCUT2D eigenvalue weighted by atomic mass is 9.95. The number of benzene rings is 2. The molecular weight excluding hydrogens is 492 g/mol. The molecule has 3 amide bonds. The molecule has 39 heavy (non-hydrogen) atoms. The Labute approximate surface area is 232 Å². The maximum atomic E-state index is 14.0. The molecule has 0 saturated carbocycles. The van der Waals surface area contributed by atoms with Gasteiger partial charge in [0.1, 0.15) is 17.8 Å². The van der Waals surface area contributed by atoms with Crippen LogP contribution in [0.5, 0.6) is 5.75 Å². The molecule has 2 bridgehead atoms. The number of nitrogens with one attached hydrogen (secondary N) is 3. The average molecular weight is 535 g/mol. The molecule has 4 rings (SSSR count). The Morgan fingerprint density at radius 1 is 1.00 bits per heavy atom. The van der Waals surface area contributed by atoms with Crippen LogP contribution in [0.2, 0.25) is 0 Å². The van der Waals surface area contributed by atoms with E-state index in [9.17, 15) is 14.4 Å². The standard InChI is InChI=1S/C31H42N4O4/c1-7-21(4)27(35(5)6)31(38)34-26-28(23-11-9-8-10-12-23)39-24-15-13-22(14-16-24)17-18-32-29(36)25(19-20(2)3)33-30(26)37/h8-18,20-21,25-28H,7,19H2,1-6H3,(H,32,36)(H,33,37)(H,34,38)/b18-17-. The van der Waals surface area contributed by atoms with E-state index in [1.54, 1.807) is 12.3 Å². The Morgan fingerprint density at radius 3 is 2.26 bits per heavy atom. The van der Waals surface area contributed by atoms with Crippen molar-refractivity contribution in [1.82, 2.24) is 20.9 Å². The summed E-state index contributed by atoms with van der Waals surface area (Å²) < 4.78 is 6.44. The van der Waals surface area contributed by atoms with Crippen LogP contribution in [0.25, 0.3) is 6.08 Å². The zero-order valence-electron chi connectivity index (χ0n) is 23.8. The van der Waals surface area contributed by atoms with Crippen LogP contribution in [-0.2, 0) is 14.4 Å². The molecule has 2 aliphatic rings. The van der Waals surface area contributed by atoms with E-state index >= 15 is 0 Å². The third-order valence-electron chi connectivity index (χ3n) is 7.00. The number of amides is 3. The molecule has 2 aromatic rings. The van der Waals surface area contributed by atoms with Crippen LogP contribution in [0.4, 0.5) is 0 Å². The zero-order valence-corrected chi connectivity index (χ0v) is 23.8. The SMILES string of the molecule is CCC(C)C(C(=O)NC1C(=O)NC(CC(C)C)C(=O)N/C=C\c2ccc(cc2)OC1c1ccccc1)N(C)C. The molecule has 0 spiro atoms. The van der Waals surface area contributed by atoms with Gasteiger partial charge in [-0.05, 0) is 61.7 Å². The molecule has 3 N–H and O–H groups in total. The summed E-state index contributed by atoms with van der Waals surface area (Å²) in [5.74, 6) is -0.334. The maximum absolute atomic E-state index is 14.0. The van der Waals surface area contributed by atoms with E-state index in [4.69, 9.17) is 4.74 Å².